The number of thioether (sulfide) groups is 1. The Morgan fingerprint density at radius 2 is 2.16 bits per heavy atom. The summed E-state index contributed by atoms with van der Waals surface area (Å²) in [5.41, 5.74) is 8.07. The fraction of sp³-hybridized carbons (Fsp3) is 0.231. The van der Waals surface area contributed by atoms with Gasteiger partial charge in [-0.3, -0.25) is 4.79 Å². The smallest absolute Gasteiger partial charge is 0.225 e. The first-order chi connectivity index (χ1) is 9.13. The molecule has 0 unspecified atom stereocenters. The molecule has 19 heavy (non-hydrogen) atoms. The van der Waals surface area contributed by atoms with Crippen molar-refractivity contribution in [3.8, 4) is 0 Å². The van der Waals surface area contributed by atoms with Gasteiger partial charge in [0.1, 0.15) is 4.34 Å². The van der Waals surface area contributed by atoms with Gasteiger partial charge in [-0.05, 0) is 31.2 Å². The van der Waals surface area contributed by atoms with Crippen LogP contribution in [0.25, 0.3) is 0 Å². The molecule has 0 saturated heterocycles. The lowest BCUT2D eigenvalue weighted by Gasteiger charge is -2.04. The number of nitrogen functional groups attached to an aromatic ring is 1. The van der Waals surface area contributed by atoms with Crippen molar-refractivity contribution in [3.63, 3.8) is 0 Å². The summed E-state index contributed by atoms with van der Waals surface area (Å²) in [6, 6.07) is 7.13. The van der Waals surface area contributed by atoms with Crippen LogP contribution in [0.15, 0.2) is 34.0 Å². The minimum absolute atomic E-state index is 0.00514. The van der Waals surface area contributed by atoms with Gasteiger partial charge in [-0.25, -0.2) is 4.98 Å². The molecule has 0 spiro atoms. The molecule has 0 atom stereocenters. The van der Waals surface area contributed by atoms with E-state index in [1.807, 2.05) is 12.3 Å². The first-order valence-electron chi connectivity index (χ1n) is 5.84. The number of nitrogens with zero attached hydrogens (tertiary/aromatic N) is 1. The molecular weight excluding hydrogens is 278 g/mol. The summed E-state index contributed by atoms with van der Waals surface area (Å²) in [6.45, 7) is 1.97. The van der Waals surface area contributed by atoms with Crippen LogP contribution >= 0.6 is 23.1 Å². The molecule has 100 valence electrons. The van der Waals surface area contributed by atoms with Gasteiger partial charge in [-0.2, -0.15) is 0 Å². The molecule has 1 aromatic carbocycles. The summed E-state index contributed by atoms with van der Waals surface area (Å²) in [7, 11) is 0. The molecule has 0 aliphatic carbocycles. The molecule has 2 rings (SSSR count). The lowest BCUT2D eigenvalue weighted by molar-refractivity contribution is -0.115. The van der Waals surface area contributed by atoms with Crippen molar-refractivity contribution in [3.05, 3.63) is 35.3 Å². The number of carbonyl (C=O) groups excluding carboxylic acids is 1. The highest BCUT2D eigenvalue weighted by Gasteiger charge is 2.04. The summed E-state index contributed by atoms with van der Waals surface area (Å²) in [4.78, 5) is 16.1. The summed E-state index contributed by atoms with van der Waals surface area (Å²) in [6.07, 6.45) is 0.466. The van der Waals surface area contributed by atoms with Crippen molar-refractivity contribution in [2.75, 3.05) is 16.8 Å². The number of carbonyl (C=O) groups is 1. The molecule has 0 radical (unpaired) electrons. The van der Waals surface area contributed by atoms with Crippen LogP contribution in [0.2, 0.25) is 0 Å². The van der Waals surface area contributed by atoms with Crippen molar-refractivity contribution in [2.45, 2.75) is 17.7 Å². The molecule has 4 nitrogen and oxygen atoms in total. The van der Waals surface area contributed by atoms with E-state index in [0.717, 1.165) is 21.5 Å². The van der Waals surface area contributed by atoms with Crippen molar-refractivity contribution in [2.24, 2.45) is 0 Å². The van der Waals surface area contributed by atoms with Crippen molar-refractivity contribution >= 4 is 40.4 Å². The predicted octanol–water partition coefficient (Wildman–Crippen LogP) is 3.15. The molecular formula is C13H15N3OS2. The second-order valence-corrected chi connectivity index (χ2v) is 6.22. The van der Waals surface area contributed by atoms with Crippen LogP contribution in [0.4, 0.5) is 11.4 Å². The van der Waals surface area contributed by atoms with E-state index in [1.54, 1.807) is 47.4 Å². The van der Waals surface area contributed by atoms with Crippen molar-refractivity contribution in [1.29, 1.82) is 0 Å². The van der Waals surface area contributed by atoms with Crippen LogP contribution in [0.1, 0.15) is 12.1 Å². The maximum atomic E-state index is 11.7. The monoisotopic (exact) mass is 293 g/mol. The van der Waals surface area contributed by atoms with Crippen LogP contribution in [-0.2, 0) is 4.79 Å². The molecule has 1 amide bonds. The first kappa shape index (κ1) is 13.9. The molecule has 1 aromatic heterocycles. The second kappa shape index (κ2) is 6.58. The normalized spacial score (nSPS) is 10.4. The molecule has 1 heterocycles. The van der Waals surface area contributed by atoms with Gasteiger partial charge >= 0.3 is 0 Å². The number of aryl methyl sites for hydroxylation is 1. The van der Waals surface area contributed by atoms with E-state index in [0.29, 0.717) is 12.1 Å². The molecule has 0 saturated carbocycles. The summed E-state index contributed by atoms with van der Waals surface area (Å²) < 4.78 is 1.01. The standard InChI is InChI=1S/C13H15N3OS2/c1-9-8-19-13(15-9)18-7-6-12(17)16-11-4-2-10(14)3-5-11/h2-5,8H,6-7,14H2,1H3,(H,16,17). The Morgan fingerprint density at radius 3 is 2.79 bits per heavy atom. The molecule has 2 aromatic rings. The Morgan fingerprint density at radius 1 is 1.42 bits per heavy atom. The SMILES string of the molecule is Cc1csc(SCCC(=O)Nc2ccc(N)cc2)n1. The van der Waals surface area contributed by atoms with Crippen molar-refractivity contribution < 1.29 is 4.79 Å². The maximum absolute atomic E-state index is 11.7. The Bertz CT molecular complexity index is 551. The highest BCUT2D eigenvalue weighted by atomic mass is 32.2. The number of hydrogen-bond acceptors (Lipinski definition) is 5. The molecule has 6 heteroatoms. The Balaban J connectivity index is 1.74. The molecule has 3 N–H and O–H groups in total. The number of aromatic nitrogens is 1. The Hall–Kier alpha value is -1.53. The number of thiazole rings is 1. The van der Waals surface area contributed by atoms with E-state index in [2.05, 4.69) is 10.3 Å². The minimum Gasteiger partial charge on any atom is -0.399 e. The van der Waals surface area contributed by atoms with Crippen LogP contribution in [0.5, 0.6) is 0 Å². The van der Waals surface area contributed by atoms with Crippen molar-refractivity contribution in [1.82, 2.24) is 4.98 Å². The fourth-order valence-corrected chi connectivity index (χ4v) is 3.28. The fourth-order valence-electron chi connectivity index (χ4n) is 1.42. The molecule has 0 fully saturated rings. The number of benzene rings is 1. The first-order valence-corrected chi connectivity index (χ1v) is 7.70. The number of amides is 1. The third-order valence-corrected chi connectivity index (χ3v) is 4.49. The summed E-state index contributed by atoms with van der Waals surface area (Å²) in [5.74, 6) is 0.735. The topological polar surface area (TPSA) is 68.0 Å². The van der Waals surface area contributed by atoms with Gasteiger partial charge in [0.2, 0.25) is 5.91 Å². The number of nitrogens with two attached hydrogens (primary N) is 1. The number of nitrogens with one attached hydrogen (secondary N) is 1. The van der Waals surface area contributed by atoms with Gasteiger partial charge in [0, 0.05) is 34.6 Å². The summed E-state index contributed by atoms with van der Waals surface area (Å²) >= 11 is 3.22. The van der Waals surface area contributed by atoms with Crippen LogP contribution in [0.3, 0.4) is 0 Å². The summed E-state index contributed by atoms with van der Waals surface area (Å²) in [5, 5.41) is 4.85. The Kier molecular flexibility index (Phi) is 4.81. The third-order valence-electron chi connectivity index (χ3n) is 2.35. The van der Waals surface area contributed by atoms with Gasteiger partial charge in [-0.1, -0.05) is 11.8 Å². The average Bonchev–Trinajstić information content (AvgIpc) is 2.78. The lowest BCUT2D eigenvalue weighted by Crippen LogP contribution is -2.12. The van der Waals surface area contributed by atoms with E-state index in [4.69, 9.17) is 5.73 Å². The highest BCUT2D eigenvalue weighted by Crippen LogP contribution is 2.23. The van der Waals surface area contributed by atoms with Gasteiger partial charge in [0.15, 0.2) is 0 Å². The van der Waals surface area contributed by atoms with Gasteiger partial charge in [0.25, 0.3) is 0 Å². The third kappa shape index (κ3) is 4.57. The van der Waals surface area contributed by atoms with E-state index in [-0.39, 0.29) is 5.91 Å². The van der Waals surface area contributed by atoms with E-state index in [1.165, 1.54) is 0 Å². The number of hydrogen-bond donors (Lipinski definition) is 2. The van der Waals surface area contributed by atoms with Gasteiger partial charge < -0.3 is 11.1 Å². The predicted molar refractivity (Wildman–Crippen MR) is 81.7 cm³/mol. The van der Waals surface area contributed by atoms with Crippen LogP contribution in [0, 0.1) is 6.92 Å². The van der Waals surface area contributed by atoms with E-state index in [9.17, 15) is 4.79 Å². The highest BCUT2D eigenvalue weighted by molar-refractivity contribution is 8.01. The number of anilines is 2. The zero-order chi connectivity index (χ0) is 13.7. The zero-order valence-corrected chi connectivity index (χ0v) is 12.2. The average molecular weight is 293 g/mol. The molecule has 0 bridgehead atoms. The quantitative estimate of drug-likeness (QED) is 0.656. The second-order valence-electron chi connectivity index (χ2n) is 4.02. The maximum Gasteiger partial charge on any atom is 0.225 e. The van der Waals surface area contributed by atoms with E-state index < -0.39 is 0 Å². The zero-order valence-electron chi connectivity index (χ0n) is 10.6. The van der Waals surface area contributed by atoms with Crippen LogP contribution < -0.4 is 11.1 Å². The Labute approximate surface area is 120 Å². The lowest BCUT2D eigenvalue weighted by atomic mass is 10.3. The van der Waals surface area contributed by atoms with Gasteiger partial charge in [0.05, 0.1) is 0 Å². The van der Waals surface area contributed by atoms with Crippen LogP contribution in [-0.4, -0.2) is 16.6 Å². The van der Waals surface area contributed by atoms with Gasteiger partial charge in [-0.15, -0.1) is 11.3 Å². The minimum atomic E-state index is 0.00514. The molecule has 0 aliphatic rings. The molecule has 0 aliphatic heterocycles. The largest absolute Gasteiger partial charge is 0.399 e. The number of rotatable bonds is 5. The van der Waals surface area contributed by atoms with E-state index >= 15 is 0 Å².